The monoisotopic (exact) mass is 283 g/mol. The van der Waals surface area contributed by atoms with Gasteiger partial charge < -0.3 is 4.90 Å². The Morgan fingerprint density at radius 3 is 1.95 bits per heavy atom. The molecule has 2 aromatic rings. The van der Waals surface area contributed by atoms with E-state index in [0.29, 0.717) is 6.04 Å². The molecule has 114 valence electrons. The van der Waals surface area contributed by atoms with Crippen molar-refractivity contribution >= 4 is 11.4 Å². The van der Waals surface area contributed by atoms with Gasteiger partial charge >= 0.3 is 0 Å². The topological polar surface area (TPSA) is 3.24 Å². The van der Waals surface area contributed by atoms with Crippen LogP contribution in [0.1, 0.15) is 45.7 Å². The van der Waals surface area contributed by atoms with Crippen LogP contribution in [-0.4, -0.2) is 6.04 Å². The van der Waals surface area contributed by atoms with Gasteiger partial charge in [0.1, 0.15) is 0 Å². The van der Waals surface area contributed by atoms with Crippen LogP contribution < -0.4 is 4.90 Å². The summed E-state index contributed by atoms with van der Waals surface area (Å²) in [5.74, 6) is 0. The summed E-state index contributed by atoms with van der Waals surface area (Å²) in [7, 11) is 0. The van der Waals surface area contributed by atoms with E-state index in [1.165, 1.54) is 22.5 Å². The van der Waals surface area contributed by atoms with Gasteiger partial charge in [0, 0.05) is 17.4 Å². The minimum atomic E-state index is 0.550. The van der Waals surface area contributed by atoms with Crippen LogP contribution in [0.3, 0.4) is 0 Å². The first-order chi connectivity index (χ1) is 10.3. The second-order valence-corrected chi connectivity index (χ2v) is 4.84. The third-order valence-corrected chi connectivity index (χ3v) is 3.58. The van der Waals surface area contributed by atoms with Gasteiger partial charge in [0.05, 0.1) is 0 Å². The summed E-state index contributed by atoms with van der Waals surface area (Å²) in [5, 5.41) is 0. The van der Waals surface area contributed by atoms with Gasteiger partial charge in [-0.05, 0) is 43.5 Å². The van der Waals surface area contributed by atoms with E-state index in [0.717, 1.165) is 6.42 Å². The van der Waals surface area contributed by atoms with Crippen LogP contribution in [0, 0.1) is 6.92 Å². The molecule has 0 fully saturated rings. The Labute approximate surface area is 130 Å². The SMILES string of the molecule is CC.CC.Cc1ccccc1N1c2ccccc2C[C@@H]1C. The molecule has 1 nitrogen and oxygen atoms in total. The molecule has 0 radical (unpaired) electrons. The second-order valence-electron chi connectivity index (χ2n) is 4.84. The highest BCUT2D eigenvalue weighted by Crippen LogP contribution is 2.39. The molecule has 1 heterocycles. The van der Waals surface area contributed by atoms with Crippen molar-refractivity contribution in [2.45, 2.75) is 54.0 Å². The number of anilines is 2. The molecule has 1 aliphatic heterocycles. The largest absolute Gasteiger partial charge is 0.338 e. The van der Waals surface area contributed by atoms with Gasteiger partial charge in [0.2, 0.25) is 0 Å². The van der Waals surface area contributed by atoms with Crippen LogP contribution in [0.2, 0.25) is 0 Å². The Bertz CT molecular complexity index is 545. The van der Waals surface area contributed by atoms with Crippen molar-refractivity contribution in [2.75, 3.05) is 4.90 Å². The molecule has 21 heavy (non-hydrogen) atoms. The van der Waals surface area contributed by atoms with Gasteiger partial charge in [-0.3, -0.25) is 0 Å². The Balaban J connectivity index is 0.000000510. The highest BCUT2D eigenvalue weighted by atomic mass is 15.2. The number of rotatable bonds is 1. The van der Waals surface area contributed by atoms with Gasteiger partial charge in [-0.25, -0.2) is 0 Å². The first-order valence-corrected chi connectivity index (χ1v) is 8.20. The summed E-state index contributed by atoms with van der Waals surface area (Å²) >= 11 is 0. The van der Waals surface area contributed by atoms with E-state index in [1.54, 1.807) is 0 Å². The Morgan fingerprint density at radius 1 is 0.810 bits per heavy atom. The lowest BCUT2D eigenvalue weighted by Gasteiger charge is -2.26. The standard InChI is InChI=1S/C16H17N.2C2H6/c1-12-7-3-5-9-15(12)17-13(2)11-14-8-4-6-10-16(14)17;2*1-2/h3-10,13H,11H2,1-2H3;2*1-2H3/t13-;;/m0../s1. The number of para-hydroxylation sites is 2. The fourth-order valence-electron chi connectivity index (χ4n) is 2.77. The van der Waals surface area contributed by atoms with Crippen LogP contribution in [0.25, 0.3) is 0 Å². The van der Waals surface area contributed by atoms with Gasteiger partial charge in [0.25, 0.3) is 0 Å². The number of aryl methyl sites for hydroxylation is 1. The zero-order valence-corrected chi connectivity index (χ0v) is 14.4. The predicted octanol–water partition coefficient (Wildman–Crippen LogP) is 6.13. The maximum atomic E-state index is 2.46. The molecule has 0 saturated heterocycles. The molecule has 0 unspecified atom stereocenters. The molecule has 3 rings (SSSR count). The average Bonchev–Trinajstić information content (AvgIpc) is 2.88. The molecule has 0 bridgehead atoms. The van der Waals surface area contributed by atoms with Crippen molar-refractivity contribution in [1.29, 1.82) is 0 Å². The van der Waals surface area contributed by atoms with Crippen LogP contribution in [0.15, 0.2) is 48.5 Å². The summed E-state index contributed by atoms with van der Waals surface area (Å²) < 4.78 is 0. The molecule has 0 aliphatic carbocycles. The van der Waals surface area contributed by atoms with Crippen molar-refractivity contribution in [3.05, 3.63) is 59.7 Å². The second kappa shape index (κ2) is 8.51. The predicted molar refractivity (Wildman–Crippen MR) is 95.6 cm³/mol. The molecule has 0 amide bonds. The Hall–Kier alpha value is -1.76. The van der Waals surface area contributed by atoms with E-state index >= 15 is 0 Å². The van der Waals surface area contributed by atoms with E-state index in [9.17, 15) is 0 Å². The lowest BCUT2D eigenvalue weighted by atomic mass is 10.1. The Morgan fingerprint density at radius 2 is 1.33 bits per heavy atom. The van der Waals surface area contributed by atoms with Crippen LogP contribution >= 0.6 is 0 Å². The number of benzene rings is 2. The van der Waals surface area contributed by atoms with Crippen molar-refractivity contribution in [3.8, 4) is 0 Å². The minimum absolute atomic E-state index is 0.550. The molecule has 0 saturated carbocycles. The van der Waals surface area contributed by atoms with Crippen LogP contribution in [-0.2, 0) is 6.42 Å². The fourth-order valence-corrected chi connectivity index (χ4v) is 2.77. The highest BCUT2D eigenvalue weighted by Gasteiger charge is 2.27. The first kappa shape index (κ1) is 17.3. The lowest BCUT2D eigenvalue weighted by molar-refractivity contribution is 0.757. The summed E-state index contributed by atoms with van der Waals surface area (Å²) in [5.41, 5.74) is 5.51. The summed E-state index contributed by atoms with van der Waals surface area (Å²) in [4.78, 5) is 2.46. The van der Waals surface area contributed by atoms with Crippen molar-refractivity contribution in [3.63, 3.8) is 0 Å². The van der Waals surface area contributed by atoms with E-state index in [-0.39, 0.29) is 0 Å². The molecule has 0 spiro atoms. The maximum Gasteiger partial charge on any atom is 0.0446 e. The van der Waals surface area contributed by atoms with Crippen molar-refractivity contribution in [2.24, 2.45) is 0 Å². The van der Waals surface area contributed by atoms with E-state index in [1.807, 2.05) is 27.7 Å². The normalized spacial score (nSPS) is 15.3. The van der Waals surface area contributed by atoms with Gasteiger partial charge in [-0.2, -0.15) is 0 Å². The fraction of sp³-hybridized carbons (Fsp3) is 0.400. The zero-order valence-electron chi connectivity index (χ0n) is 14.4. The molecule has 1 atom stereocenters. The lowest BCUT2D eigenvalue weighted by Crippen LogP contribution is -2.24. The van der Waals surface area contributed by atoms with E-state index < -0.39 is 0 Å². The molecule has 2 aromatic carbocycles. The summed E-state index contributed by atoms with van der Waals surface area (Å²) in [6, 6.07) is 17.9. The van der Waals surface area contributed by atoms with Crippen molar-refractivity contribution < 1.29 is 0 Å². The number of hydrogen-bond acceptors (Lipinski definition) is 1. The van der Waals surface area contributed by atoms with E-state index in [4.69, 9.17) is 0 Å². The summed E-state index contributed by atoms with van der Waals surface area (Å²) in [6.07, 6.45) is 1.14. The quantitative estimate of drug-likeness (QED) is 0.608. The molecule has 1 heteroatoms. The van der Waals surface area contributed by atoms with Crippen LogP contribution in [0.4, 0.5) is 11.4 Å². The average molecular weight is 283 g/mol. The van der Waals surface area contributed by atoms with E-state index in [2.05, 4.69) is 67.3 Å². The number of hydrogen-bond donors (Lipinski definition) is 0. The van der Waals surface area contributed by atoms with Gasteiger partial charge in [0.15, 0.2) is 0 Å². The first-order valence-electron chi connectivity index (χ1n) is 8.20. The molecular weight excluding hydrogens is 254 g/mol. The molecule has 0 N–H and O–H groups in total. The molecular formula is C20H29N. The third kappa shape index (κ3) is 3.66. The van der Waals surface area contributed by atoms with Crippen LogP contribution in [0.5, 0.6) is 0 Å². The Kier molecular flexibility index (Phi) is 7.01. The highest BCUT2D eigenvalue weighted by molar-refractivity contribution is 5.72. The number of fused-ring (bicyclic) bond motifs is 1. The van der Waals surface area contributed by atoms with Gasteiger partial charge in [-0.1, -0.05) is 64.1 Å². The summed E-state index contributed by atoms with van der Waals surface area (Å²) in [6.45, 7) is 12.5. The number of nitrogens with zero attached hydrogens (tertiary/aromatic N) is 1. The molecule has 0 aromatic heterocycles. The smallest absolute Gasteiger partial charge is 0.0446 e. The molecule has 1 aliphatic rings. The third-order valence-electron chi connectivity index (χ3n) is 3.58. The van der Waals surface area contributed by atoms with Crippen molar-refractivity contribution in [1.82, 2.24) is 0 Å². The zero-order chi connectivity index (χ0) is 15.8. The minimum Gasteiger partial charge on any atom is -0.338 e. The maximum absolute atomic E-state index is 2.46. The van der Waals surface area contributed by atoms with Gasteiger partial charge in [-0.15, -0.1) is 0 Å².